The quantitative estimate of drug-likeness (QED) is 0.938. The molecular weight excluding hydrogens is 266 g/mol. The van der Waals surface area contributed by atoms with Crippen molar-refractivity contribution < 1.29 is 9.47 Å². The van der Waals surface area contributed by atoms with Crippen LogP contribution in [0.2, 0.25) is 0 Å². The van der Waals surface area contributed by atoms with E-state index in [0.29, 0.717) is 12.6 Å². The molecule has 0 radical (unpaired) electrons. The van der Waals surface area contributed by atoms with E-state index in [9.17, 15) is 0 Å². The number of anilines is 1. The van der Waals surface area contributed by atoms with Gasteiger partial charge in [-0.1, -0.05) is 6.07 Å². The third-order valence-electron chi connectivity index (χ3n) is 3.44. The van der Waals surface area contributed by atoms with Crippen molar-refractivity contribution >= 4 is 5.69 Å². The van der Waals surface area contributed by atoms with E-state index in [4.69, 9.17) is 9.47 Å². The van der Waals surface area contributed by atoms with Crippen molar-refractivity contribution in [2.45, 2.75) is 32.9 Å². The molecule has 1 aliphatic rings. The summed E-state index contributed by atoms with van der Waals surface area (Å²) in [6.07, 6.45) is 4.80. The molecule has 5 nitrogen and oxygen atoms in total. The maximum absolute atomic E-state index is 5.71. The molecule has 2 heterocycles. The normalized spacial score (nSPS) is 14.0. The lowest BCUT2D eigenvalue weighted by Crippen LogP contribution is -2.01. The lowest BCUT2D eigenvalue weighted by atomic mass is 10.2. The Labute approximate surface area is 124 Å². The number of benzene rings is 1. The first-order valence-electron chi connectivity index (χ1n) is 7.39. The SMILES string of the molecule is CC(C)n1cc(NCc2ccc3c(c2)OCCCO3)cn1. The minimum atomic E-state index is 0.374. The van der Waals surface area contributed by atoms with Crippen molar-refractivity contribution in [1.29, 1.82) is 0 Å². The Kier molecular flexibility index (Phi) is 3.99. The molecule has 21 heavy (non-hydrogen) atoms. The second kappa shape index (κ2) is 6.08. The van der Waals surface area contributed by atoms with E-state index in [1.165, 1.54) is 0 Å². The van der Waals surface area contributed by atoms with Crippen LogP contribution >= 0.6 is 0 Å². The summed E-state index contributed by atoms with van der Waals surface area (Å²) < 4.78 is 13.3. The second-order valence-electron chi connectivity index (χ2n) is 5.49. The number of nitrogens with one attached hydrogen (secondary N) is 1. The third-order valence-corrected chi connectivity index (χ3v) is 3.44. The molecule has 1 aliphatic heterocycles. The van der Waals surface area contributed by atoms with Gasteiger partial charge in [0.15, 0.2) is 11.5 Å². The Bertz CT molecular complexity index is 607. The molecule has 1 N–H and O–H groups in total. The minimum absolute atomic E-state index is 0.374. The molecule has 5 heteroatoms. The van der Waals surface area contributed by atoms with E-state index >= 15 is 0 Å². The van der Waals surface area contributed by atoms with Crippen molar-refractivity contribution in [1.82, 2.24) is 9.78 Å². The number of hydrogen-bond acceptors (Lipinski definition) is 4. The van der Waals surface area contributed by atoms with E-state index in [2.05, 4.69) is 30.3 Å². The summed E-state index contributed by atoms with van der Waals surface area (Å²) >= 11 is 0. The fourth-order valence-electron chi connectivity index (χ4n) is 2.23. The van der Waals surface area contributed by atoms with Crippen LogP contribution in [0.1, 0.15) is 31.9 Å². The smallest absolute Gasteiger partial charge is 0.161 e. The second-order valence-corrected chi connectivity index (χ2v) is 5.49. The van der Waals surface area contributed by atoms with E-state index in [0.717, 1.165) is 42.3 Å². The fraction of sp³-hybridized carbons (Fsp3) is 0.438. The topological polar surface area (TPSA) is 48.3 Å². The van der Waals surface area contributed by atoms with Crippen LogP contribution in [0.25, 0.3) is 0 Å². The number of nitrogens with zero attached hydrogens (tertiary/aromatic N) is 2. The highest BCUT2D eigenvalue weighted by Crippen LogP contribution is 2.30. The van der Waals surface area contributed by atoms with E-state index in [1.807, 2.05) is 29.2 Å². The molecule has 0 fully saturated rings. The van der Waals surface area contributed by atoms with E-state index in [1.54, 1.807) is 0 Å². The molecule has 0 saturated heterocycles. The Hall–Kier alpha value is -2.17. The molecule has 112 valence electrons. The van der Waals surface area contributed by atoms with Crippen molar-refractivity contribution in [3.63, 3.8) is 0 Å². The Morgan fingerprint density at radius 2 is 2.05 bits per heavy atom. The third kappa shape index (κ3) is 3.29. The summed E-state index contributed by atoms with van der Waals surface area (Å²) in [4.78, 5) is 0. The Balaban J connectivity index is 1.66. The molecule has 0 atom stereocenters. The predicted molar refractivity (Wildman–Crippen MR) is 82.0 cm³/mol. The summed E-state index contributed by atoms with van der Waals surface area (Å²) in [5.41, 5.74) is 2.19. The van der Waals surface area contributed by atoms with Crippen LogP contribution in [-0.4, -0.2) is 23.0 Å². The largest absolute Gasteiger partial charge is 0.490 e. The summed E-state index contributed by atoms with van der Waals surface area (Å²) in [5, 5.41) is 7.70. The predicted octanol–water partition coefficient (Wildman–Crippen LogP) is 3.24. The van der Waals surface area contributed by atoms with Gasteiger partial charge in [0.1, 0.15) is 0 Å². The zero-order chi connectivity index (χ0) is 14.7. The summed E-state index contributed by atoms with van der Waals surface area (Å²) in [6.45, 7) is 6.39. The van der Waals surface area contributed by atoms with Gasteiger partial charge in [-0.15, -0.1) is 0 Å². The highest BCUT2D eigenvalue weighted by molar-refractivity contribution is 5.45. The zero-order valence-corrected chi connectivity index (χ0v) is 12.5. The van der Waals surface area contributed by atoms with Crippen LogP contribution < -0.4 is 14.8 Å². The van der Waals surface area contributed by atoms with Gasteiger partial charge in [-0.3, -0.25) is 4.68 Å². The van der Waals surface area contributed by atoms with Crippen molar-refractivity contribution in [2.75, 3.05) is 18.5 Å². The highest BCUT2D eigenvalue weighted by Gasteiger charge is 2.10. The number of hydrogen-bond donors (Lipinski definition) is 1. The van der Waals surface area contributed by atoms with Crippen LogP contribution in [0.5, 0.6) is 11.5 Å². The molecule has 0 unspecified atom stereocenters. The van der Waals surface area contributed by atoms with Gasteiger partial charge in [0.05, 0.1) is 25.1 Å². The van der Waals surface area contributed by atoms with Crippen molar-refractivity contribution in [2.24, 2.45) is 0 Å². The van der Waals surface area contributed by atoms with Gasteiger partial charge >= 0.3 is 0 Å². The van der Waals surface area contributed by atoms with Crippen molar-refractivity contribution in [3.8, 4) is 11.5 Å². The zero-order valence-electron chi connectivity index (χ0n) is 12.5. The standard InChI is InChI=1S/C16H21N3O2/c1-12(2)19-11-14(10-18-19)17-9-13-4-5-15-16(8-13)21-7-3-6-20-15/h4-5,8,10-12,17H,3,6-7,9H2,1-2H3. The Morgan fingerprint density at radius 3 is 2.81 bits per heavy atom. The van der Waals surface area contributed by atoms with Gasteiger partial charge in [0.2, 0.25) is 0 Å². The maximum atomic E-state index is 5.71. The first-order chi connectivity index (χ1) is 10.2. The van der Waals surface area contributed by atoms with Crippen LogP contribution in [-0.2, 0) is 6.54 Å². The number of rotatable bonds is 4. The van der Waals surface area contributed by atoms with Crippen LogP contribution in [0.4, 0.5) is 5.69 Å². The fourth-order valence-corrected chi connectivity index (χ4v) is 2.23. The number of aromatic nitrogens is 2. The van der Waals surface area contributed by atoms with Crippen LogP contribution in [0, 0.1) is 0 Å². The van der Waals surface area contributed by atoms with Crippen LogP contribution in [0.15, 0.2) is 30.6 Å². The maximum Gasteiger partial charge on any atom is 0.161 e. The van der Waals surface area contributed by atoms with Crippen LogP contribution in [0.3, 0.4) is 0 Å². The number of ether oxygens (including phenoxy) is 2. The van der Waals surface area contributed by atoms with Crippen molar-refractivity contribution in [3.05, 3.63) is 36.2 Å². The molecule has 0 bridgehead atoms. The van der Waals surface area contributed by atoms with Gasteiger partial charge < -0.3 is 14.8 Å². The summed E-state index contributed by atoms with van der Waals surface area (Å²) in [6, 6.07) is 6.46. The van der Waals surface area contributed by atoms with E-state index < -0.39 is 0 Å². The summed E-state index contributed by atoms with van der Waals surface area (Å²) in [7, 11) is 0. The van der Waals surface area contributed by atoms with E-state index in [-0.39, 0.29) is 0 Å². The lowest BCUT2D eigenvalue weighted by Gasteiger charge is -2.10. The highest BCUT2D eigenvalue weighted by atomic mass is 16.5. The molecule has 1 aromatic carbocycles. The number of fused-ring (bicyclic) bond motifs is 1. The molecule has 2 aromatic rings. The van der Waals surface area contributed by atoms with Gasteiger partial charge in [-0.25, -0.2) is 0 Å². The molecule has 0 aliphatic carbocycles. The molecule has 3 rings (SSSR count). The lowest BCUT2D eigenvalue weighted by molar-refractivity contribution is 0.297. The van der Waals surface area contributed by atoms with Gasteiger partial charge in [-0.2, -0.15) is 5.10 Å². The molecular formula is C16H21N3O2. The first kappa shape index (κ1) is 13.8. The molecule has 0 saturated carbocycles. The van der Waals surface area contributed by atoms with Gasteiger partial charge in [-0.05, 0) is 31.5 Å². The molecule has 0 spiro atoms. The average Bonchev–Trinajstić information content (AvgIpc) is 2.84. The first-order valence-corrected chi connectivity index (χ1v) is 7.39. The minimum Gasteiger partial charge on any atom is -0.490 e. The molecule has 1 aromatic heterocycles. The van der Waals surface area contributed by atoms with Gasteiger partial charge in [0, 0.05) is 25.2 Å². The summed E-state index contributed by atoms with van der Waals surface area (Å²) in [5.74, 6) is 1.67. The average molecular weight is 287 g/mol. The molecule has 0 amide bonds. The monoisotopic (exact) mass is 287 g/mol. The van der Waals surface area contributed by atoms with Gasteiger partial charge in [0.25, 0.3) is 0 Å². The Morgan fingerprint density at radius 1 is 1.24 bits per heavy atom.